The van der Waals surface area contributed by atoms with Crippen LogP contribution < -0.4 is 0 Å². The van der Waals surface area contributed by atoms with Crippen molar-refractivity contribution >= 4 is 0 Å². The van der Waals surface area contributed by atoms with Crippen molar-refractivity contribution in [2.75, 3.05) is 6.61 Å². The molecule has 1 atom stereocenters. The van der Waals surface area contributed by atoms with E-state index in [-0.39, 0.29) is 6.61 Å². The van der Waals surface area contributed by atoms with Gasteiger partial charge in [-0.2, -0.15) is 0 Å². The summed E-state index contributed by atoms with van der Waals surface area (Å²) in [7, 11) is 0. The van der Waals surface area contributed by atoms with Gasteiger partial charge in [0.15, 0.2) is 0 Å². The van der Waals surface area contributed by atoms with Gasteiger partial charge in [0, 0.05) is 0 Å². The van der Waals surface area contributed by atoms with Gasteiger partial charge in [0.1, 0.15) is 0 Å². The lowest BCUT2D eigenvalue weighted by atomic mass is 10.0. The summed E-state index contributed by atoms with van der Waals surface area (Å²) < 4.78 is 0. The largest absolute Gasteiger partial charge is 0.394 e. The predicted molar refractivity (Wildman–Crippen MR) is 97.3 cm³/mol. The van der Waals surface area contributed by atoms with Crippen molar-refractivity contribution in [1.82, 2.24) is 0 Å². The lowest BCUT2D eigenvalue weighted by Crippen LogP contribution is -2.10. The predicted octanol–water partition coefficient (Wildman–Crippen LogP) is 5.99. The number of rotatable bonds is 18. The van der Waals surface area contributed by atoms with Crippen LogP contribution >= 0.6 is 0 Å². The Morgan fingerprint density at radius 2 is 0.864 bits per heavy atom. The molecule has 0 rings (SSSR count). The Balaban J connectivity index is 2.97. The van der Waals surface area contributed by atoms with Gasteiger partial charge < -0.3 is 10.2 Å². The molecule has 0 heterocycles. The maximum atomic E-state index is 9.22. The molecule has 1 unspecified atom stereocenters. The van der Waals surface area contributed by atoms with Crippen molar-refractivity contribution in [3.05, 3.63) is 0 Å². The molecule has 22 heavy (non-hydrogen) atoms. The first-order valence-electron chi connectivity index (χ1n) is 10.1. The fourth-order valence-corrected chi connectivity index (χ4v) is 3.02. The third kappa shape index (κ3) is 18.0. The summed E-state index contributed by atoms with van der Waals surface area (Å²) in [6, 6.07) is 0. The number of hydrogen-bond acceptors (Lipinski definition) is 2. The van der Waals surface area contributed by atoms with Gasteiger partial charge in [-0.15, -0.1) is 0 Å². The standard InChI is InChI=1S/C20H42O2/c1-2-3-4-5-6-7-8-9-10-11-12-13-14-15-16-17-18-20(22)19-21/h20-22H,2-19H2,1H3. The molecule has 0 fully saturated rings. The number of aliphatic hydroxyl groups excluding tert-OH is 2. The molecule has 0 aromatic rings. The Kier molecular flexibility index (Phi) is 18.9. The van der Waals surface area contributed by atoms with Gasteiger partial charge in [-0.05, 0) is 6.42 Å². The lowest BCUT2D eigenvalue weighted by Gasteiger charge is -2.06. The van der Waals surface area contributed by atoms with Crippen molar-refractivity contribution in [2.24, 2.45) is 0 Å². The molecule has 2 N–H and O–H groups in total. The molecule has 0 aliphatic rings. The van der Waals surface area contributed by atoms with Crippen LogP contribution in [0.3, 0.4) is 0 Å². The van der Waals surface area contributed by atoms with Crippen LogP contribution in [-0.4, -0.2) is 22.9 Å². The van der Waals surface area contributed by atoms with E-state index < -0.39 is 6.10 Å². The van der Waals surface area contributed by atoms with Crippen molar-refractivity contribution in [3.63, 3.8) is 0 Å². The molecule has 0 spiro atoms. The summed E-state index contributed by atoms with van der Waals surface area (Å²) in [5.74, 6) is 0. The van der Waals surface area contributed by atoms with E-state index in [0.29, 0.717) is 0 Å². The third-order valence-corrected chi connectivity index (χ3v) is 4.60. The third-order valence-electron chi connectivity index (χ3n) is 4.60. The van der Waals surface area contributed by atoms with Crippen LogP contribution in [0.4, 0.5) is 0 Å². The van der Waals surface area contributed by atoms with Crippen LogP contribution in [0.5, 0.6) is 0 Å². The monoisotopic (exact) mass is 314 g/mol. The highest BCUT2D eigenvalue weighted by atomic mass is 16.3. The van der Waals surface area contributed by atoms with E-state index in [2.05, 4.69) is 6.92 Å². The molecule has 2 nitrogen and oxygen atoms in total. The zero-order valence-electron chi connectivity index (χ0n) is 15.2. The normalized spacial score (nSPS) is 12.7. The van der Waals surface area contributed by atoms with Gasteiger partial charge >= 0.3 is 0 Å². The molecule has 0 aromatic heterocycles. The van der Waals surface area contributed by atoms with E-state index in [1.165, 1.54) is 96.3 Å². The highest BCUT2D eigenvalue weighted by Crippen LogP contribution is 2.14. The van der Waals surface area contributed by atoms with Crippen LogP contribution in [0.1, 0.15) is 116 Å². The van der Waals surface area contributed by atoms with Gasteiger partial charge in [-0.25, -0.2) is 0 Å². The van der Waals surface area contributed by atoms with E-state index in [1.54, 1.807) is 0 Å². The minimum atomic E-state index is -0.494. The zero-order valence-corrected chi connectivity index (χ0v) is 15.2. The van der Waals surface area contributed by atoms with Gasteiger partial charge in [0.2, 0.25) is 0 Å². The first kappa shape index (κ1) is 21.9. The van der Waals surface area contributed by atoms with E-state index in [9.17, 15) is 5.11 Å². The van der Waals surface area contributed by atoms with Crippen molar-refractivity contribution in [1.29, 1.82) is 0 Å². The number of hydrogen-bond donors (Lipinski definition) is 2. The van der Waals surface area contributed by atoms with E-state index in [1.807, 2.05) is 0 Å². The topological polar surface area (TPSA) is 40.5 Å². The Hall–Kier alpha value is -0.0800. The summed E-state index contributed by atoms with van der Waals surface area (Å²) in [5, 5.41) is 17.9. The zero-order chi connectivity index (χ0) is 16.3. The average molecular weight is 315 g/mol. The molecule has 0 aliphatic carbocycles. The second-order valence-corrected chi connectivity index (χ2v) is 6.93. The summed E-state index contributed by atoms with van der Waals surface area (Å²) in [4.78, 5) is 0. The molecular formula is C20H42O2. The second kappa shape index (κ2) is 19.0. The summed E-state index contributed by atoms with van der Waals surface area (Å²) in [6.45, 7) is 2.19. The van der Waals surface area contributed by atoms with E-state index in [0.717, 1.165) is 12.8 Å². The van der Waals surface area contributed by atoms with Crippen molar-refractivity contribution < 1.29 is 10.2 Å². The van der Waals surface area contributed by atoms with E-state index in [4.69, 9.17) is 5.11 Å². The summed E-state index contributed by atoms with van der Waals surface area (Å²) in [5.41, 5.74) is 0. The Bertz CT molecular complexity index is 194. The van der Waals surface area contributed by atoms with Crippen molar-refractivity contribution in [3.8, 4) is 0 Å². The molecule has 0 aromatic carbocycles. The molecule has 0 saturated carbocycles. The number of unbranched alkanes of at least 4 members (excludes halogenated alkanes) is 15. The number of aliphatic hydroxyl groups is 2. The van der Waals surface area contributed by atoms with E-state index >= 15 is 0 Å². The highest BCUT2D eigenvalue weighted by molar-refractivity contribution is 4.54. The Morgan fingerprint density at radius 1 is 0.545 bits per heavy atom. The van der Waals surface area contributed by atoms with Gasteiger partial charge in [0.25, 0.3) is 0 Å². The molecule has 0 bridgehead atoms. The van der Waals surface area contributed by atoms with Crippen LogP contribution in [0, 0.1) is 0 Å². The first-order chi connectivity index (χ1) is 10.8. The SMILES string of the molecule is CCCCCCCCCCCCCCCCCCC(O)CO. The molecule has 0 radical (unpaired) electrons. The smallest absolute Gasteiger partial charge is 0.0770 e. The molecule has 0 amide bonds. The summed E-state index contributed by atoms with van der Waals surface area (Å²) in [6.07, 6.45) is 22.2. The van der Waals surface area contributed by atoms with Crippen LogP contribution in [0.15, 0.2) is 0 Å². The van der Waals surface area contributed by atoms with Crippen LogP contribution in [0.2, 0.25) is 0 Å². The maximum absolute atomic E-state index is 9.22. The molecular weight excluding hydrogens is 272 g/mol. The van der Waals surface area contributed by atoms with Gasteiger partial charge in [0.05, 0.1) is 12.7 Å². The Morgan fingerprint density at radius 3 is 1.18 bits per heavy atom. The van der Waals surface area contributed by atoms with Crippen LogP contribution in [-0.2, 0) is 0 Å². The quantitative estimate of drug-likeness (QED) is 0.305. The van der Waals surface area contributed by atoms with Gasteiger partial charge in [-0.3, -0.25) is 0 Å². The van der Waals surface area contributed by atoms with Crippen molar-refractivity contribution in [2.45, 2.75) is 122 Å². The fraction of sp³-hybridized carbons (Fsp3) is 1.00. The van der Waals surface area contributed by atoms with Crippen LogP contribution in [0.25, 0.3) is 0 Å². The minimum Gasteiger partial charge on any atom is -0.394 e. The fourth-order valence-electron chi connectivity index (χ4n) is 3.02. The van der Waals surface area contributed by atoms with Gasteiger partial charge in [-0.1, -0.05) is 110 Å². The highest BCUT2D eigenvalue weighted by Gasteiger charge is 2.00. The molecule has 2 heteroatoms. The first-order valence-corrected chi connectivity index (χ1v) is 10.1. The average Bonchev–Trinajstić information content (AvgIpc) is 2.54. The Labute approximate surface area is 139 Å². The molecule has 0 aliphatic heterocycles. The minimum absolute atomic E-state index is 0.0846. The lowest BCUT2D eigenvalue weighted by molar-refractivity contribution is 0.0860. The maximum Gasteiger partial charge on any atom is 0.0770 e. The molecule has 0 saturated heterocycles. The molecule has 134 valence electrons. The second-order valence-electron chi connectivity index (χ2n) is 6.93. The summed E-state index contributed by atoms with van der Waals surface area (Å²) >= 11 is 0.